The Labute approximate surface area is 192 Å². The highest BCUT2D eigenvalue weighted by molar-refractivity contribution is 6.31. The first-order valence-electron chi connectivity index (χ1n) is 10.4. The highest BCUT2D eigenvalue weighted by atomic mass is 35.5. The second-order valence-corrected chi connectivity index (χ2v) is 7.68. The van der Waals surface area contributed by atoms with Crippen molar-refractivity contribution >= 4 is 40.9 Å². The summed E-state index contributed by atoms with van der Waals surface area (Å²) < 4.78 is 0. The number of anilines is 2. The Morgan fingerprint density at radius 1 is 0.938 bits per heavy atom. The highest BCUT2D eigenvalue weighted by Gasteiger charge is 2.16. The monoisotopic (exact) mass is 459 g/mol. The maximum atomic E-state index is 12.2. The number of carbonyl (C=O) groups is 1. The van der Waals surface area contributed by atoms with E-state index < -0.39 is 5.91 Å². The molecule has 9 N–H and O–H groups in total. The van der Waals surface area contributed by atoms with E-state index in [1.807, 2.05) is 0 Å². The van der Waals surface area contributed by atoms with E-state index in [0.29, 0.717) is 12.4 Å². The number of rotatable bonds is 10. The van der Waals surface area contributed by atoms with Crippen molar-refractivity contribution in [2.24, 2.45) is 0 Å². The van der Waals surface area contributed by atoms with Gasteiger partial charge in [0.1, 0.15) is 0 Å². The number of nitrogens with zero attached hydrogens (tertiary/aromatic N) is 2. The van der Waals surface area contributed by atoms with Gasteiger partial charge in [-0.1, -0.05) is 35.9 Å². The summed E-state index contributed by atoms with van der Waals surface area (Å²) in [6, 6.07) is 8.58. The summed E-state index contributed by atoms with van der Waals surface area (Å²) in [4.78, 5) is 19.7. The summed E-state index contributed by atoms with van der Waals surface area (Å²) in [5, 5.41) is 23.3. The molecule has 0 aliphatic rings. The summed E-state index contributed by atoms with van der Waals surface area (Å²) >= 11 is 5.77. The van der Waals surface area contributed by atoms with E-state index in [4.69, 9.17) is 33.9 Å². The molecule has 10 nitrogen and oxygen atoms in total. The number of nitrogen functional groups attached to an aromatic ring is 2. The van der Waals surface area contributed by atoms with Gasteiger partial charge in [-0.2, -0.15) is 0 Å². The van der Waals surface area contributed by atoms with Crippen molar-refractivity contribution in [2.45, 2.75) is 39.0 Å². The van der Waals surface area contributed by atoms with Crippen molar-refractivity contribution in [1.82, 2.24) is 25.9 Å². The number of halogens is 1. The Balaban J connectivity index is 1.64. The van der Waals surface area contributed by atoms with Gasteiger partial charge in [-0.15, -0.1) is 0 Å². The lowest BCUT2D eigenvalue weighted by atomic mass is 10.0. The van der Waals surface area contributed by atoms with E-state index >= 15 is 0 Å². The predicted octanol–water partition coefficient (Wildman–Crippen LogP) is 2.09. The van der Waals surface area contributed by atoms with E-state index in [9.17, 15) is 4.79 Å². The van der Waals surface area contributed by atoms with Gasteiger partial charge in [0.15, 0.2) is 28.4 Å². The molecule has 172 valence electrons. The maximum absolute atomic E-state index is 12.2. The minimum Gasteiger partial charge on any atom is -0.382 e. The number of hydrogen-bond donors (Lipinski definition) is 7. The van der Waals surface area contributed by atoms with Crippen LogP contribution in [0.3, 0.4) is 0 Å². The minimum atomic E-state index is -0.682. The smallest absolute Gasteiger partial charge is 0.280 e. The van der Waals surface area contributed by atoms with Gasteiger partial charge in [0.05, 0.1) is 5.84 Å². The third-order valence-corrected chi connectivity index (χ3v) is 4.89. The lowest BCUT2D eigenvalue weighted by molar-refractivity contribution is 0.0971. The molecule has 2 rings (SSSR count). The number of hydrogen-bond acceptors (Lipinski definition) is 7. The number of carbonyl (C=O) groups excluding carboxylic acids is 1. The van der Waals surface area contributed by atoms with Gasteiger partial charge in [-0.05, 0) is 50.2 Å². The number of amides is 1. The molecule has 0 unspecified atom stereocenters. The Hall–Kier alpha value is -3.40. The van der Waals surface area contributed by atoms with Crippen molar-refractivity contribution in [3.8, 4) is 0 Å². The molecular formula is C21H30ClN9O. The minimum absolute atomic E-state index is 0.0602. The molecular weight excluding hydrogens is 430 g/mol. The van der Waals surface area contributed by atoms with Crippen molar-refractivity contribution in [1.29, 1.82) is 10.8 Å². The third kappa shape index (κ3) is 8.38. The molecule has 1 amide bonds. The van der Waals surface area contributed by atoms with Crippen molar-refractivity contribution < 1.29 is 4.79 Å². The van der Waals surface area contributed by atoms with Crippen LogP contribution in [0.4, 0.5) is 11.6 Å². The number of aromatic nitrogens is 2. The van der Waals surface area contributed by atoms with E-state index in [2.05, 4.69) is 50.2 Å². The summed E-state index contributed by atoms with van der Waals surface area (Å²) in [5.41, 5.74) is 13.5. The van der Waals surface area contributed by atoms with Gasteiger partial charge in [-0.3, -0.25) is 20.9 Å². The fourth-order valence-electron chi connectivity index (χ4n) is 2.93. The fourth-order valence-corrected chi connectivity index (χ4v) is 3.06. The number of amidine groups is 1. The van der Waals surface area contributed by atoms with Gasteiger partial charge < -0.3 is 22.1 Å². The average molecular weight is 460 g/mol. The van der Waals surface area contributed by atoms with Crippen molar-refractivity contribution in [3.63, 3.8) is 0 Å². The van der Waals surface area contributed by atoms with Crippen LogP contribution in [0.1, 0.15) is 47.8 Å². The molecule has 0 bridgehead atoms. The Morgan fingerprint density at radius 3 is 2.16 bits per heavy atom. The summed E-state index contributed by atoms with van der Waals surface area (Å²) in [5.74, 6) is -0.547. The first-order chi connectivity index (χ1) is 15.3. The molecule has 1 aromatic heterocycles. The second kappa shape index (κ2) is 12.5. The second-order valence-electron chi connectivity index (χ2n) is 7.32. The molecule has 0 radical (unpaired) electrons. The van der Waals surface area contributed by atoms with Gasteiger partial charge in [0.25, 0.3) is 5.91 Å². The van der Waals surface area contributed by atoms with Crippen LogP contribution in [0.15, 0.2) is 24.3 Å². The molecule has 2 aromatic rings. The summed E-state index contributed by atoms with van der Waals surface area (Å²) in [6.45, 7) is 3.10. The molecule has 0 atom stereocenters. The Bertz CT molecular complexity index is 947. The van der Waals surface area contributed by atoms with E-state index in [1.54, 1.807) is 6.92 Å². The zero-order valence-corrected chi connectivity index (χ0v) is 18.9. The number of unbranched alkanes of at least 4 members (excludes halogenated alkanes) is 1. The third-order valence-electron chi connectivity index (χ3n) is 4.61. The van der Waals surface area contributed by atoms with Crippen LogP contribution in [0, 0.1) is 10.8 Å². The van der Waals surface area contributed by atoms with E-state index in [0.717, 1.165) is 38.6 Å². The fraction of sp³-hybridized carbons (Fsp3) is 0.381. The number of aryl methyl sites for hydroxylation is 2. The quantitative estimate of drug-likeness (QED) is 0.161. The zero-order valence-electron chi connectivity index (χ0n) is 18.1. The molecule has 11 heteroatoms. The van der Waals surface area contributed by atoms with E-state index in [-0.39, 0.29) is 28.4 Å². The SMILES string of the molecule is CC(=N)NCCCc1ccc(CCCCNC(=N)NC(=O)c2nc(Cl)c(N)nc2N)cc1. The molecule has 0 fully saturated rings. The molecule has 0 saturated heterocycles. The molecule has 0 saturated carbocycles. The molecule has 0 aliphatic heterocycles. The van der Waals surface area contributed by atoms with Gasteiger partial charge in [0.2, 0.25) is 0 Å². The number of benzene rings is 1. The molecule has 0 aliphatic carbocycles. The molecule has 1 aromatic carbocycles. The first kappa shape index (κ1) is 24.9. The average Bonchev–Trinajstić information content (AvgIpc) is 2.74. The lowest BCUT2D eigenvalue weighted by Crippen LogP contribution is -2.41. The van der Waals surface area contributed by atoms with Gasteiger partial charge >= 0.3 is 0 Å². The number of nitrogens with two attached hydrogens (primary N) is 2. The highest BCUT2D eigenvalue weighted by Crippen LogP contribution is 2.17. The van der Waals surface area contributed by atoms with Crippen molar-refractivity contribution in [2.75, 3.05) is 24.6 Å². The standard InChI is InChI=1S/C21H30ClN9O/c1-13(23)27-12-4-6-15-9-7-14(8-10-15)5-2-3-11-28-21(26)31-20(32)16-18(24)30-19(25)17(22)29-16/h7-10H,2-6,11-12H2,1H3,(H2,23,27)(H4,24,25,30)(H3,26,28,31,32). The van der Waals surface area contributed by atoms with E-state index in [1.165, 1.54) is 11.1 Å². The first-order valence-corrected chi connectivity index (χ1v) is 10.7. The summed E-state index contributed by atoms with van der Waals surface area (Å²) in [6.07, 6.45) is 4.70. The normalized spacial score (nSPS) is 10.4. The van der Waals surface area contributed by atoms with Gasteiger partial charge in [0, 0.05) is 13.1 Å². The van der Waals surface area contributed by atoms with Crippen LogP contribution in [-0.4, -0.2) is 40.8 Å². The molecule has 0 spiro atoms. The Morgan fingerprint density at radius 2 is 1.53 bits per heavy atom. The zero-order chi connectivity index (χ0) is 23.5. The van der Waals surface area contributed by atoms with Crippen LogP contribution >= 0.6 is 11.6 Å². The topological polar surface area (TPSA) is 179 Å². The van der Waals surface area contributed by atoms with Crippen molar-refractivity contribution in [3.05, 3.63) is 46.2 Å². The largest absolute Gasteiger partial charge is 0.382 e. The number of nitrogens with one attached hydrogen (secondary N) is 5. The lowest BCUT2D eigenvalue weighted by Gasteiger charge is -2.10. The van der Waals surface area contributed by atoms with Crippen LogP contribution < -0.4 is 27.4 Å². The predicted molar refractivity (Wildman–Crippen MR) is 128 cm³/mol. The summed E-state index contributed by atoms with van der Waals surface area (Å²) in [7, 11) is 0. The molecule has 32 heavy (non-hydrogen) atoms. The van der Waals surface area contributed by atoms with Crippen LogP contribution in [0.25, 0.3) is 0 Å². The van der Waals surface area contributed by atoms with Crippen LogP contribution in [0.2, 0.25) is 5.15 Å². The molecule has 1 heterocycles. The van der Waals surface area contributed by atoms with Crippen LogP contribution in [0.5, 0.6) is 0 Å². The van der Waals surface area contributed by atoms with Gasteiger partial charge in [-0.25, -0.2) is 9.97 Å². The van der Waals surface area contributed by atoms with Crippen LogP contribution in [-0.2, 0) is 12.8 Å². The number of guanidine groups is 1. The Kier molecular flexibility index (Phi) is 9.68. The maximum Gasteiger partial charge on any atom is 0.280 e.